The third-order valence-electron chi connectivity index (χ3n) is 2.18. The molecule has 3 nitrogen and oxygen atoms in total. The lowest BCUT2D eigenvalue weighted by Gasteiger charge is -2.19. The van der Waals surface area contributed by atoms with E-state index in [2.05, 4.69) is 18.8 Å². The zero-order valence-corrected chi connectivity index (χ0v) is 9.94. The molecule has 0 saturated carbocycles. The van der Waals surface area contributed by atoms with Crippen molar-refractivity contribution in [3.63, 3.8) is 0 Å². The average molecular weight is 223 g/mol. The molecule has 1 aromatic rings. The fourth-order valence-corrected chi connectivity index (χ4v) is 1.23. The highest BCUT2D eigenvalue weighted by molar-refractivity contribution is 5.94. The molecule has 1 rings (SSSR count). The largest absolute Gasteiger partial charge is 0.370 e. The smallest absolute Gasteiger partial charge is 0.195 e. The van der Waals surface area contributed by atoms with E-state index in [1.165, 1.54) is 6.07 Å². The van der Waals surface area contributed by atoms with E-state index in [-0.39, 0.29) is 5.82 Å². The van der Waals surface area contributed by atoms with Crippen molar-refractivity contribution >= 4 is 11.6 Å². The lowest BCUT2D eigenvalue weighted by Crippen LogP contribution is -2.35. The van der Waals surface area contributed by atoms with Gasteiger partial charge in [0.25, 0.3) is 0 Å². The molecule has 0 aliphatic carbocycles. The van der Waals surface area contributed by atoms with Crippen molar-refractivity contribution < 1.29 is 4.39 Å². The normalized spacial score (nSPS) is 11.9. The predicted octanol–water partition coefficient (Wildman–Crippen LogP) is 2.23. The van der Waals surface area contributed by atoms with E-state index in [1.807, 2.05) is 0 Å². The average Bonchev–Trinajstić information content (AvgIpc) is 2.25. The van der Waals surface area contributed by atoms with Crippen LogP contribution in [-0.4, -0.2) is 19.6 Å². The molecule has 4 heteroatoms. The fourth-order valence-electron chi connectivity index (χ4n) is 1.23. The molecule has 0 fully saturated rings. The molecular formula is C12H18FN3. The maximum atomic E-state index is 13.4. The molecule has 0 aromatic heterocycles. The lowest BCUT2D eigenvalue weighted by molar-refractivity contribution is 0.627. The van der Waals surface area contributed by atoms with Gasteiger partial charge in [-0.15, -0.1) is 0 Å². The highest BCUT2D eigenvalue weighted by Crippen LogP contribution is 2.16. The van der Waals surface area contributed by atoms with Gasteiger partial charge in [-0.05, 0) is 18.1 Å². The number of hydrogen-bond donors (Lipinski definition) is 1. The van der Waals surface area contributed by atoms with E-state index in [9.17, 15) is 4.39 Å². The summed E-state index contributed by atoms with van der Waals surface area (Å²) in [6.07, 6.45) is 0. The van der Waals surface area contributed by atoms with Gasteiger partial charge in [-0.25, -0.2) is 4.39 Å². The topological polar surface area (TPSA) is 41.6 Å². The Morgan fingerprint density at radius 1 is 1.44 bits per heavy atom. The van der Waals surface area contributed by atoms with Crippen LogP contribution in [0.2, 0.25) is 0 Å². The molecule has 16 heavy (non-hydrogen) atoms. The van der Waals surface area contributed by atoms with Crippen molar-refractivity contribution in [1.29, 1.82) is 0 Å². The summed E-state index contributed by atoms with van der Waals surface area (Å²) in [6, 6.07) is 6.49. The van der Waals surface area contributed by atoms with Crippen LogP contribution in [0.15, 0.2) is 29.3 Å². The number of para-hydroxylation sites is 1. The molecule has 1 aromatic carbocycles. The van der Waals surface area contributed by atoms with Gasteiger partial charge in [0.2, 0.25) is 0 Å². The summed E-state index contributed by atoms with van der Waals surface area (Å²) >= 11 is 0. The second-order valence-electron chi connectivity index (χ2n) is 4.10. The fraction of sp³-hybridized carbons (Fsp3) is 0.417. The van der Waals surface area contributed by atoms with E-state index in [1.54, 1.807) is 30.1 Å². The van der Waals surface area contributed by atoms with Crippen LogP contribution in [0.4, 0.5) is 10.1 Å². The van der Waals surface area contributed by atoms with Crippen molar-refractivity contribution in [3.8, 4) is 0 Å². The van der Waals surface area contributed by atoms with Crippen LogP contribution in [0.5, 0.6) is 0 Å². The number of nitrogens with two attached hydrogens (primary N) is 1. The Hall–Kier alpha value is -1.58. The first-order valence-corrected chi connectivity index (χ1v) is 5.30. The number of aliphatic imine (C=N–C) groups is 1. The van der Waals surface area contributed by atoms with Crippen molar-refractivity contribution in [3.05, 3.63) is 30.1 Å². The van der Waals surface area contributed by atoms with Crippen LogP contribution in [-0.2, 0) is 0 Å². The Morgan fingerprint density at radius 2 is 2.06 bits per heavy atom. The molecule has 0 aliphatic rings. The summed E-state index contributed by atoms with van der Waals surface area (Å²) in [6.45, 7) is 4.75. The monoisotopic (exact) mass is 223 g/mol. The van der Waals surface area contributed by atoms with Crippen molar-refractivity contribution in [2.24, 2.45) is 16.6 Å². The van der Waals surface area contributed by atoms with Crippen LogP contribution >= 0.6 is 0 Å². The van der Waals surface area contributed by atoms with Crippen LogP contribution in [0.3, 0.4) is 0 Å². The molecule has 0 radical (unpaired) electrons. The molecular weight excluding hydrogens is 205 g/mol. The maximum absolute atomic E-state index is 13.4. The summed E-state index contributed by atoms with van der Waals surface area (Å²) in [5.74, 6) is 0.471. The molecule has 2 N–H and O–H groups in total. The number of nitrogens with zero attached hydrogens (tertiary/aromatic N) is 2. The lowest BCUT2D eigenvalue weighted by atomic mass is 10.2. The first kappa shape index (κ1) is 12.5. The van der Waals surface area contributed by atoms with Gasteiger partial charge in [0.05, 0.1) is 5.69 Å². The molecule has 0 atom stereocenters. The van der Waals surface area contributed by atoms with Crippen molar-refractivity contribution in [2.75, 3.05) is 18.5 Å². The first-order valence-electron chi connectivity index (χ1n) is 5.30. The molecule has 88 valence electrons. The third-order valence-corrected chi connectivity index (χ3v) is 2.18. The highest BCUT2D eigenvalue weighted by Gasteiger charge is 2.09. The van der Waals surface area contributed by atoms with Crippen molar-refractivity contribution in [1.82, 2.24) is 0 Å². The Kier molecular flexibility index (Phi) is 4.28. The number of rotatable bonds is 3. The molecule has 0 spiro atoms. The minimum absolute atomic E-state index is 0.298. The standard InChI is InChI=1S/C12H18FN3/c1-9(2)8-15-12(14)16(3)11-7-5-4-6-10(11)13/h4-7,9H,8H2,1-3H3,(H2,14,15). The predicted molar refractivity (Wildman–Crippen MR) is 66.1 cm³/mol. The molecule has 0 amide bonds. The quantitative estimate of drug-likeness (QED) is 0.630. The van der Waals surface area contributed by atoms with E-state index in [0.29, 0.717) is 24.1 Å². The van der Waals surface area contributed by atoms with Crippen LogP contribution in [0, 0.1) is 11.7 Å². The molecule has 0 bridgehead atoms. The van der Waals surface area contributed by atoms with Gasteiger partial charge in [0, 0.05) is 13.6 Å². The number of guanidine groups is 1. The van der Waals surface area contributed by atoms with Crippen LogP contribution in [0.1, 0.15) is 13.8 Å². The second kappa shape index (κ2) is 5.49. The van der Waals surface area contributed by atoms with Gasteiger partial charge in [-0.3, -0.25) is 4.99 Å². The SMILES string of the molecule is CC(C)CN=C(N)N(C)c1ccccc1F. The van der Waals surface area contributed by atoms with E-state index < -0.39 is 0 Å². The van der Waals surface area contributed by atoms with Gasteiger partial charge in [0.15, 0.2) is 5.96 Å². The van der Waals surface area contributed by atoms with Crippen molar-refractivity contribution in [2.45, 2.75) is 13.8 Å². The van der Waals surface area contributed by atoms with E-state index in [4.69, 9.17) is 5.73 Å². The minimum atomic E-state index is -0.298. The molecule has 0 heterocycles. The van der Waals surface area contributed by atoms with Gasteiger partial charge < -0.3 is 10.6 Å². The summed E-state index contributed by atoms with van der Waals surface area (Å²) in [7, 11) is 1.71. The van der Waals surface area contributed by atoms with E-state index in [0.717, 1.165) is 0 Å². The summed E-state index contributed by atoms with van der Waals surface area (Å²) in [4.78, 5) is 5.75. The van der Waals surface area contributed by atoms with Gasteiger partial charge >= 0.3 is 0 Å². The highest BCUT2D eigenvalue weighted by atomic mass is 19.1. The number of halogens is 1. The third kappa shape index (κ3) is 3.22. The summed E-state index contributed by atoms with van der Waals surface area (Å²) in [5.41, 5.74) is 6.21. The molecule has 0 unspecified atom stereocenters. The van der Waals surface area contributed by atoms with Gasteiger partial charge in [-0.1, -0.05) is 26.0 Å². The van der Waals surface area contributed by atoms with Gasteiger partial charge in [-0.2, -0.15) is 0 Å². The molecule has 0 aliphatic heterocycles. The Morgan fingerprint density at radius 3 is 2.62 bits per heavy atom. The maximum Gasteiger partial charge on any atom is 0.195 e. The number of benzene rings is 1. The Balaban J connectivity index is 2.82. The first-order chi connectivity index (χ1) is 7.52. The zero-order valence-electron chi connectivity index (χ0n) is 9.94. The Labute approximate surface area is 95.8 Å². The molecule has 0 saturated heterocycles. The Bertz CT molecular complexity index is 374. The van der Waals surface area contributed by atoms with E-state index >= 15 is 0 Å². The second-order valence-corrected chi connectivity index (χ2v) is 4.10. The van der Waals surface area contributed by atoms with Crippen LogP contribution in [0.25, 0.3) is 0 Å². The number of hydrogen-bond acceptors (Lipinski definition) is 1. The minimum Gasteiger partial charge on any atom is -0.370 e. The summed E-state index contributed by atoms with van der Waals surface area (Å²) < 4.78 is 13.4. The summed E-state index contributed by atoms with van der Waals surface area (Å²) in [5, 5.41) is 0. The van der Waals surface area contributed by atoms with Crippen LogP contribution < -0.4 is 10.6 Å². The zero-order chi connectivity index (χ0) is 12.1. The number of anilines is 1. The van der Waals surface area contributed by atoms with Gasteiger partial charge in [0.1, 0.15) is 5.82 Å².